The van der Waals surface area contributed by atoms with E-state index in [1.807, 2.05) is 0 Å². The minimum absolute atomic E-state index is 0.0383. The zero-order valence-corrected chi connectivity index (χ0v) is 10.9. The predicted octanol–water partition coefficient (Wildman–Crippen LogP) is 0.604. The maximum Gasteiger partial charge on any atom is 0.231 e. The van der Waals surface area contributed by atoms with Gasteiger partial charge < -0.3 is 19.4 Å². The number of aliphatic hydroxyl groups is 1. The lowest BCUT2D eigenvalue weighted by molar-refractivity contribution is -0.945. The Morgan fingerprint density at radius 1 is 1.53 bits per heavy atom. The summed E-state index contributed by atoms with van der Waals surface area (Å²) in [5.41, 5.74) is 0. The van der Waals surface area contributed by atoms with Crippen molar-refractivity contribution in [2.75, 3.05) is 31.5 Å². The molecule has 3 fully saturated rings. The Balaban J connectivity index is 1.52. The van der Waals surface area contributed by atoms with Gasteiger partial charge in [0.1, 0.15) is 18.9 Å². The molecule has 3 aliphatic rings. The van der Waals surface area contributed by atoms with Crippen molar-refractivity contribution in [3.63, 3.8) is 0 Å². The number of hydrogen-bond acceptors (Lipinski definition) is 4. The number of fused-ring (bicyclic) bond motifs is 3. The molecule has 4 rings (SSSR count). The number of anilines is 1. The van der Waals surface area contributed by atoms with Gasteiger partial charge in [-0.3, -0.25) is 4.79 Å². The smallest absolute Gasteiger partial charge is 0.231 e. The van der Waals surface area contributed by atoms with E-state index in [2.05, 4.69) is 15.0 Å². The lowest BCUT2D eigenvalue weighted by Gasteiger charge is -2.51. The zero-order chi connectivity index (χ0) is 13.3. The van der Waals surface area contributed by atoms with Crippen molar-refractivity contribution in [1.82, 2.24) is 5.16 Å². The molecule has 3 saturated heterocycles. The second-order valence-electron chi connectivity index (χ2n) is 5.78. The van der Waals surface area contributed by atoms with Gasteiger partial charge in [-0.05, 0) is 0 Å². The summed E-state index contributed by atoms with van der Waals surface area (Å²) in [6.07, 6.45) is 3.90. The number of piperidine rings is 3. The van der Waals surface area contributed by atoms with Crippen LogP contribution in [0.2, 0.25) is 0 Å². The molecule has 1 aromatic heterocycles. The summed E-state index contributed by atoms with van der Waals surface area (Å²) in [5, 5.41) is 16.4. The third-order valence-corrected chi connectivity index (χ3v) is 4.59. The predicted molar refractivity (Wildman–Crippen MR) is 68.2 cm³/mol. The minimum atomic E-state index is -0.180. The molecular weight excluding hydrogens is 246 g/mol. The van der Waals surface area contributed by atoms with E-state index in [1.165, 1.54) is 6.26 Å². The van der Waals surface area contributed by atoms with Crippen molar-refractivity contribution in [3.05, 3.63) is 12.3 Å². The summed E-state index contributed by atoms with van der Waals surface area (Å²) in [4.78, 5) is 11.8. The normalized spacial score (nSPS) is 33.3. The Kier molecular flexibility index (Phi) is 3.28. The molecule has 0 spiro atoms. The fraction of sp³-hybridized carbons (Fsp3) is 0.692. The highest BCUT2D eigenvalue weighted by Crippen LogP contribution is 2.33. The summed E-state index contributed by atoms with van der Waals surface area (Å²) < 4.78 is 5.56. The SMILES string of the molecule is O=C(CC[N+]12CCC(CC1)[C@@H](O)C2)Nc1ccon1. The van der Waals surface area contributed by atoms with Crippen LogP contribution in [0.4, 0.5) is 5.82 Å². The van der Waals surface area contributed by atoms with E-state index in [1.54, 1.807) is 6.07 Å². The van der Waals surface area contributed by atoms with E-state index in [9.17, 15) is 9.90 Å². The van der Waals surface area contributed by atoms with Crippen LogP contribution < -0.4 is 5.32 Å². The van der Waals surface area contributed by atoms with E-state index in [-0.39, 0.29) is 12.0 Å². The van der Waals surface area contributed by atoms with Crippen molar-refractivity contribution in [2.24, 2.45) is 5.92 Å². The van der Waals surface area contributed by atoms with Crippen molar-refractivity contribution >= 4 is 11.7 Å². The fourth-order valence-electron chi connectivity index (χ4n) is 3.38. The number of aliphatic hydroxyl groups excluding tert-OH is 1. The molecule has 6 heteroatoms. The topological polar surface area (TPSA) is 75.4 Å². The third-order valence-electron chi connectivity index (χ3n) is 4.59. The monoisotopic (exact) mass is 266 g/mol. The Hall–Kier alpha value is -1.40. The van der Waals surface area contributed by atoms with E-state index in [4.69, 9.17) is 0 Å². The lowest BCUT2D eigenvalue weighted by Crippen LogP contribution is -2.64. The van der Waals surface area contributed by atoms with Gasteiger partial charge in [-0.2, -0.15) is 0 Å². The average Bonchev–Trinajstić information content (AvgIpc) is 2.90. The molecule has 0 aromatic carbocycles. The minimum Gasteiger partial charge on any atom is -0.387 e. The first-order chi connectivity index (χ1) is 9.17. The first-order valence-electron chi connectivity index (χ1n) is 6.90. The number of carbonyl (C=O) groups excluding carboxylic acids is 1. The molecule has 104 valence electrons. The molecule has 0 aliphatic carbocycles. The highest BCUT2D eigenvalue weighted by atomic mass is 16.5. The molecule has 4 heterocycles. The van der Waals surface area contributed by atoms with Gasteiger partial charge in [0.15, 0.2) is 5.82 Å². The number of hydrogen-bond donors (Lipinski definition) is 2. The molecule has 1 atom stereocenters. The molecule has 0 saturated carbocycles. The molecule has 2 bridgehead atoms. The highest BCUT2D eigenvalue weighted by Gasteiger charge is 2.44. The number of rotatable bonds is 4. The standard InChI is InChI=1S/C13H19N3O3/c17-11-9-16(5-1-10(11)2-6-16)7-3-13(18)14-12-4-8-19-15-12/h4,8,10-11,17H,1-3,5-7,9H2/p+1/t10?,11-,16?/m0/s1. The maximum absolute atomic E-state index is 11.8. The van der Waals surface area contributed by atoms with Crippen molar-refractivity contribution in [2.45, 2.75) is 25.4 Å². The first kappa shape index (κ1) is 12.6. The Labute approximate surface area is 112 Å². The average molecular weight is 266 g/mol. The molecule has 0 radical (unpaired) electrons. The van der Waals surface area contributed by atoms with Gasteiger partial charge in [0.25, 0.3) is 0 Å². The summed E-state index contributed by atoms with van der Waals surface area (Å²) in [6.45, 7) is 3.80. The Morgan fingerprint density at radius 3 is 2.95 bits per heavy atom. The van der Waals surface area contributed by atoms with Crippen LogP contribution in [0.15, 0.2) is 16.9 Å². The van der Waals surface area contributed by atoms with Crippen LogP contribution in [-0.4, -0.2) is 52.9 Å². The van der Waals surface area contributed by atoms with E-state index >= 15 is 0 Å². The van der Waals surface area contributed by atoms with Crippen LogP contribution in [-0.2, 0) is 4.79 Å². The molecule has 1 aromatic rings. The largest absolute Gasteiger partial charge is 0.387 e. The van der Waals surface area contributed by atoms with E-state index in [0.717, 1.165) is 43.5 Å². The highest BCUT2D eigenvalue weighted by molar-refractivity contribution is 5.89. The van der Waals surface area contributed by atoms with Gasteiger partial charge in [0.05, 0.1) is 26.1 Å². The van der Waals surface area contributed by atoms with Gasteiger partial charge in [0.2, 0.25) is 5.91 Å². The number of nitrogens with one attached hydrogen (secondary N) is 1. The second-order valence-corrected chi connectivity index (χ2v) is 5.78. The molecule has 19 heavy (non-hydrogen) atoms. The van der Waals surface area contributed by atoms with Gasteiger partial charge >= 0.3 is 0 Å². The van der Waals surface area contributed by atoms with Crippen LogP contribution in [0.3, 0.4) is 0 Å². The number of amides is 1. The number of carbonyl (C=O) groups is 1. The summed E-state index contributed by atoms with van der Waals surface area (Å²) in [5.74, 6) is 0.912. The van der Waals surface area contributed by atoms with Gasteiger partial charge in [0, 0.05) is 24.8 Å². The van der Waals surface area contributed by atoms with E-state index in [0.29, 0.717) is 18.2 Å². The lowest BCUT2D eigenvalue weighted by atomic mass is 9.83. The van der Waals surface area contributed by atoms with E-state index < -0.39 is 0 Å². The molecular formula is C13H20N3O3+. The maximum atomic E-state index is 11.8. The number of nitrogens with zero attached hydrogens (tertiary/aromatic N) is 2. The van der Waals surface area contributed by atoms with Gasteiger partial charge in [-0.1, -0.05) is 5.16 Å². The second kappa shape index (κ2) is 4.94. The van der Waals surface area contributed by atoms with Crippen LogP contribution >= 0.6 is 0 Å². The Morgan fingerprint density at radius 2 is 2.32 bits per heavy atom. The van der Waals surface area contributed by atoms with Crippen molar-refractivity contribution < 1.29 is 18.9 Å². The third kappa shape index (κ3) is 2.64. The molecule has 6 nitrogen and oxygen atoms in total. The molecule has 0 unspecified atom stereocenters. The number of quaternary nitrogens is 1. The molecule has 1 amide bonds. The van der Waals surface area contributed by atoms with Crippen molar-refractivity contribution in [3.8, 4) is 0 Å². The van der Waals surface area contributed by atoms with Crippen molar-refractivity contribution in [1.29, 1.82) is 0 Å². The Bertz CT molecular complexity index is 438. The van der Waals surface area contributed by atoms with Crippen LogP contribution in [0.5, 0.6) is 0 Å². The zero-order valence-electron chi connectivity index (χ0n) is 10.9. The molecule has 2 N–H and O–H groups in total. The van der Waals surface area contributed by atoms with Crippen LogP contribution in [0.1, 0.15) is 19.3 Å². The summed E-state index contributed by atoms with van der Waals surface area (Å²) in [6, 6.07) is 1.63. The van der Waals surface area contributed by atoms with Crippen LogP contribution in [0, 0.1) is 5.92 Å². The van der Waals surface area contributed by atoms with Gasteiger partial charge in [-0.25, -0.2) is 0 Å². The summed E-state index contributed by atoms with van der Waals surface area (Å²) in [7, 11) is 0. The quantitative estimate of drug-likeness (QED) is 0.783. The van der Waals surface area contributed by atoms with Gasteiger partial charge in [-0.15, -0.1) is 0 Å². The van der Waals surface area contributed by atoms with Crippen LogP contribution in [0.25, 0.3) is 0 Å². The summed E-state index contributed by atoms with van der Waals surface area (Å²) >= 11 is 0. The number of aromatic nitrogens is 1. The fourth-order valence-corrected chi connectivity index (χ4v) is 3.38. The molecule has 3 aliphatic heterocycles. The first-order valence-corrected chi connectivity index (χ1v) is 6.90.